The third-order valence-electron chi connectivity index (χ3n) is 2.92. The predicted octanol–water partition coefficient (Wildman–Crippen LogP) is 0.712. The lowest BCUT2D eigenvalue weighted by Crippen LogP contribution is -2.15. The lowest BCUT2D eigenvalue weighted by atomic mass is 9.88. The number of hydrogen-bond acceptors (Lipinski definition) is 4. The Kier molecular flexibility index (Phi) is 2.90. The van der Waals surface area contributed by atoms with E-state index >= 15 is 0 Å². The van der Waals surface area contributed by atoms with Crippen LogP contribution in [0.1, 0.15) is 32.0 Å². The van der Waals surface area contributed by atoms with Crippen LogP contribution in [0.3, 0.4) is 0 Å². The summed E-state index contributed by atoms with van der Waals surface area (Å²) in [6.45, 7) is 6.29. The van der Waals surface area contributed by atoms with E-state index in [1.54, 1.807) is 0 Å². The molecule has 15 heavy (non-hydrogen) atoms. The highest BCUT2D eigenvalue weighted by Gasteiger charge is 2.31. The van der Waals surface area contributed by atoms with Crippen LogP contribution >= 0.6 is 0 Å². The van der Waals surface area contributed by atoms with Crippen molar-refractivity contribution < 1.29 is 4.52 Å². The minimum atomic E-state index is -0.458. The fourth-order valence-electron chi connectivity index (χ4n) is 2.31. The van der Waals surface area contributed by atoms with E-state index in [-0.39, 0.29) is 0 Å². The highest BCUT2D eigenvalue weighted by atomic mass is 16.5. The number of nitrogens with zero attached hydrogens (tertiary/aromatic N) is 1. The lowest BCUT2D eigenvalue weighted by molar-refractivity contribution is 0.358. The zero-order valence-electron chi connectivity index (χ0n) is 9.12. The van der Waals surface area contributed by atoms with Gasteiger partial charge in [-0.05, 0) is 24.8 Å². The first-order chi connectivity index (χ1) is 7.16. The maximum absolute atomic E-state index is 10.9. The average Bonchev–Trinajstić information content (AvgIpc) is 2.72. The maximum atomic E-state index is 10.9. The first kappa shape index (κ1) is 10.4. The molecule has 0 radical (unpaired) electrons. The van der Waals surface area contributed by atoms with E-state index in [1.165, 1.54) is 0 Å². The van der Waals surface area contributed by atoms with Gasteiger partial charge in [-0.3, -0.25) is 9.51 Å². The summed E-state index contributed by atoms with van der Waals surface area (Å²) < 4.78 is 4.54. The monoisotopic (exact) mass is 211 g/mol. The van der Waals surface area contributed by atoms with Crippen molar-refractivity contribution in [3.63, 3.8) is 0 Å². The van der Waals surface area contributed by atoms with Crippen molar-refractivity contribution in [1.82, 2.24) is 15.5 Å². The summed E-state index contributed by atoms with van der Waals surface area (Å²) in [5.41, 5.74) is 0. The molecule has 5 nitrogen and oxygen atoms in total. The molecule has 84 valence electrons. The van der Waals surface area contributed by atoms with Crippen LogP contribution < -0.4 is 11.1 Å². The molecule has 1 aromatic heterocycles. The summed E-state index contributed by atoms with van der Waals surface area (Å²) in [5.74, 6) is 1.73. The summed E-state index contributed by atoms with van der Waals surface area (Å²) >= 11 is 0. The Labute approximate surface area is 88.2 Å². The van der Waals surface area contributed by atoms with Gasteiger partial charge in [0.2, 0.25) is 0 Å². The molecule has 0 bridgehead atoms. The third kappa shape index (κ3) is 2.28. The summed E-state index contributed by atoms with van der Waals surface area (Å²) in [5, 5.41) is 7.10. The molecular formula is C10H17N3O2. The number of nitrogens with one attached hydrogen (secondary N) is 2. The molecule has 0 amide bonds. The third-order valence-corrected chi connectivity index (χ3v) is 2.92. The van der Waals surface area contributed by atoms with Crippen molar-refractivity contribution >= 4 is 0 Å². The molecule has 0 aromatic carbocycles. The number of H-pyrrole nitrogens is 1. The standard InChI is InChI=1S/C10H17N3O2/c1-6(2)3-7-4-11-5-8(7)9-12-10(14)15-13-9/h6-8,11H,3-5H2,1-2H3,(H,12,13,14)/t7-,8+/m0/s1. The average molecular weight is 211 g/mol. The van der Waals surface area contributed by atoms with Crippen molar-refractivity contribution in [3.05, 3.63) is 16.4 Å². The highest BCUT2D eigenvalue weighted by Crippen LogP contribution is 2.29. The van der Waals surface area contributed by atoms with Gasteiger partial charge in [-0.15, -0.1) is 0 Å². The fourth-order valence-corrected chi connectivity index (χ4v) is 2.31. The van der Waals surface area contributed by atoms with Crippen LogP contribution in [0.4, 0.5) is 0 Å². The van der Waals surface area contributed by atoms with Gasteiger partial charge in [0.1, 0.15) is 0 Å². The minimum Gasteiger partial charge on any atom is -0.316 e. The summed E-state index contributed by atoms with van der Waals surface area (Å²) in [6.07, 6.45) is 1.15. The Morgan fingerprint density at radius 3 is 2.93 bits per heavy atom. The summed E-state index contributed by atoms with van der Waals surface area (Å²) in [7, 11) is 0. The molecule has 2 atom stereocenters. The molecule has 1 aliphatic heterocycles. The molecule has 0 aliphatic carbocycles. The van der Waals surface area contributed by atoms with Gasteiger partial charge in [0.05, 0.1) is 0 Å². The summed E-state index contributed by atoms with van der Waals surface area (Å²) in [4.78, 5) is 13.5. The second-order valence-corrected chi connectivity index (χ2v) is 4.63. The van der Waals surface area contributed by atoms with E-state index in [2.05, 4.69) is 33.8 Å². The van der Waals surface area contributed by atoms with Gasteiger partial charge < -0.3 is 5.32 Å². The van der Waals surface area contributed by atoms with E-state index < -0.39 is 5.76 Å². The molecule has 0 spiro atoms. The van der Waals surface area contributed by atoms with Crippen molar-refractivity contribution in [2.45, 2.75) is 26.2 Å². The molecule has 1 saturated heterocycles. The Hall–Kier alpha value is -1.10. The van der Waals surface area contributed by atoms with Gasteiger partial charge in [0.25, 0.3) is 0 Å². The Bertz CT molecular complexity index is 369. The van der Waals surface area contributed by atoms with Gasteiger partial charge in [-0.1, -0.05) is 19.0 Å². The van der Waals surface area contributed by atoms with Crippen LogP contribution in [0.5, 0.6) is 0 Å². The van der Waals surface area contributed by atoms with Crippen molar-refractivity contribution in [1.29, 1.82) is 0 Å². The maximum Gasteiger partial charge on any atom is 0.438 e. The van der Waals surface area contributed by atoms with E-state index in [9.17, 15) is 4.79 Å². The molecule has 0 unspecified atom stereocenters. The minimum absolute atomic E-state index is 0.291. The van der Waals surface area contributed by atoms with Crippen LogP contribution in [0.25, 0.3) is 0 Å². The van der Waals surface area contributed by atoms with Gasteiger partial charge in [-0.2, -0.15) is 0 Å². The first-order valence-electron chi connectivity index (χ1n) is 5.43. The topological polar surface area (TPSA) is 70.9 Å². The molecule has 1 fully saturated rings. The highest BCUT2D eigenvalue weighted by molar-refractivity contribution is 5.01. The number of aromatic amines is 1. The molecule has 1 aromatic rings. The van der Waals surface area contributed by atoms with E-state index in [0.717, 1.165) is 19.5 Å². The Balaban J connectivity index is 2.11. The van der Waals surface area contributed by atoms with Gasteiger partial charge in [0.15, 0.2) is 5.82 Å². The quantitative estimate of drug-likeness (QED) is 0.772. The van der Waals surface area contributed by atoms with Crippen molar-refractivity contribution in [2.24, 2.45) is 11.8 Å². The molecule has 2 N–H and O–H groups in total. The first-order valence-corrected chi connectivity index (χ1v) is 5.43. The second-order valence-electron chi connectivity index (χ2n) is 4.63. The smallest absolute Gasteiger partial charge is 0.316 e. The van der Waals surface area contributed by atoms with Crippen LogP contribution in [0.15, 0.2) is 9.32 Å². The van der Waals surface area contributed by atoms with E-state index in [0.29, 0.717) is 23.6 Å². The van der Waals surface area contributed by atoms with Crippen molar-refractivity contribution in [3.8, 4) is 0 Å². The molecule has 1 aliphatic rings. The lowest BCUT2D eigenvalue weighted by Gasteiger charge is -2.17. The van der Waals surface area contributed by atoms with E-state index in [4.69, 9.17) is 0 Å². The molecule has 2 rings (SSSR count). The predicted molar refractivity (Wildman–Crippen MR) is 55.7 cm³/mol. The largest absolute Gasteiger partial charge is 0.438 e. The number of aromatic nitrogens is 2. The van der Waals surface area contributed by atoms with Crippen LogP contribution in [-0.4, -0.2) is 23.2 Å². The molecular weight excluding hydrogens is 194 g/mol. The SMILES string of the molecule is CC(C)C[C@H]1CNC[C@H]1c1noc(=O)[nH]1. The Morgan fingerprint density at radius 1 is 1.53 bits per heavy atom. The molecule has 5 heteroatoms. The van der Waals surface area contributed by atoms with Crippen LogP contribution in [-0.2, 0) is 0 Å². The molecule has 0 saturated carbocycles. The number of hydrogen-bond donors (Lipinski definition) is 2. The van der Waals surface area contributed by atoms with Gasteiger partial charge in [0, 0.05) is 12.5 Å². The number of rotatable bonds is 3. The fraction of sp³-hybridized carbons (Fsp3) is 0.800. The van der Waals surface area contributed by atoms with Gasteiger partial charge >= 0.3 is 5.76 Å². The normalized spacial score (nSPS) is 26.3. The van der Waals surface area contributed by atoms with Crippen LogP contribution in [0.2, 0.25) is 0 Å². The zero-order valence-corrected chi connectivity index (χ0v) is 9.12. The summed E-state index contributed by atoms with van der Waals surface area (Å²) in [6, 6.07) is 0. The molecule has 2 heterocycles. The zero-order chi connectivity index (χ0) is 10.8. The van der Waals surface area contributed by atoms with E-state index in [1.807, 2.05) is 0 Å². The van der Waals surface area contributed by atoms with Crippen molar-refractivity contribution in [2.75, 3.05) is 13.1 Å². The van der Waals surface area contributed by atoms with Gasteiger partial charge in [-0.25, -0.2) is 4.79 Å². The van der Waals surface area contributed by atoms with Crippen LogP contribution in [0, 0.1) is 11.8 Å². The Morgan fingerprint density at radius 2 is 2.33 bits per heavy atom. The second kappa shape index (κ2) is 4.18.